The first kappa shape index (κ1) is 14.9. The average Bonchev–Trinajstić information content (AvgIpc) is 2.10. The molecular weight excluding hydrogens is 214 g/mol. The predicted octanol–water partition coefficient (Wildman–Crippen LogP) is 1.21. The van der Waals surface area contributed by atoms with E-state index in [9.17, 15) is 8.42 Å². The molecule has 0 unspecified atom stereocenters. The first-order chi connectivity index (χ1) is 6.73. The van der Waals surface area contributed by atoms with Gasteiger partial charge in [0.15, 0.2) is 0 Å². The summed E-state index contributed by atoms with van der Waals surface area (Å²) in [6, 6.07) is 0. The van der Waals surface area contributed by atoms with Gasteiger partial charge in [0, 0.05) is 20.2 Å². The van der Waals surface area contributed by atoms with Crippen molar-refractivity contribution in [1.29, 1.82) is 0 Å². The van der Waals surface area contributed by atoms with E-state index >= 15 is 0 Å². The fourth-order valence-corrected chi connectivity index (χ4v) is 2.52. The number of unbranched alkanes of at least 4 members (excludes halogenated alkanes) is 2. The number of nitrogens with zero attached hydrogens (tertiary/aromatic N) is 1. The van der Waals surface area contributed by atoms with Crippen LogP contribution in [0.25, 0.3) is 0 Å². The molecule has 15 heavy (non-hydrogen) atoms. The van der Waals surface area contributed by atoms with Crippen LogP contribution >= 0.6 is 0 Å². The van der Waals surface area contributed by atoms with Crippen molar-refractivity contribution in [3.63, 3.8) is 0 Å². The highest BCUT2D eigenvalue weighted by Crippen LogP contribution is 2.19. The van der Waals surface area contributed by atoms with Gasteiger partial charge < -0.3 is 5.11 Å². The Bertz CT molecular complexity index is 267. The van der Waals surface area contributed by atoms with Gasteiger partial charge in [0.2, 0.25) is 10.0 Å². The monoisotopic (exact) mass is 237 g/mol. The van der Waals surface area contributed by atoms with Crippen molar-refractivity contribution in [3.8, 4) is 0 Å². The number of aliphatic hydroxyl groups is 1. The second-order valence-corrected chi connectivity index (χ2v) is 7.52. The zero-order chi connectivity index (χ0) is 12.1. The Morgan fingerprint density at radius 1 is 1.13 bits per heavy atom. The van der Waals surface area contributed by atoms with E-state index in [2.05, 4.69) is 0 Å². The summed E-state index contributed by atoms with van der Waals surface area (Å²) in [6.45, 7) is 5.81. The highest BCUT2D eigenvalue weighted by molar-refractivity contribution is 7.90. The molecular formula is C10H23NO3S. The molecule has 0 spiro atoms. The first-order valence-electron chi connectivity index (χ1n) is 5.30. The quantitative estimate of drug-likeness (QED) is 0.706. The lowest BCUT2D eigenvalue weighted by molar-refractivity contribution is 0.281. The van der Waals surface area contributed by atoms with E-state index in [-0.39, 0.29) is 6.61 Å². The van der Waals surface area contributed by atoms with Crippen LogP contribution in [0.5, 0.6) is 0 Å². The van der Waals surface area contributed by atoms with Crippen LogP contribution in [0.2, 0.25) is 0 Å². The largest absolute Gasteiger partial charge is 0.396 e. The SMILES string of the molecule is CN(CCCCCO)S(=O)(=O)C(C)(C)C. The van der Waals surface area contributed by atoms with Crippen LogP contribution in [0.1, 0.15) is 40.0 Å². The number of aliphatic hydroxyl groups excluding tert-OH is 1. The van der Waals surface area contributed by atoms with Crippen LogP contribution in [0.15, 0.2) is 0 Å². The van der Waals surface area contributed by atoms with Crippen LogP contribution in [-0.4, -0.2) is 42.8 Å². The molecule has 0 radical (unpaired) electrons. The molecule has 1 N–H and O–H groups in total. The zero-order valence-electron chi connectivity index (χ0n) is 10.2. The van der Waals surface area contributed by atoms with E-state index < -0.39 is 14.8 Å². The summed E-state index contributed by atoms with van der Waals surface area (Å²) < 4.78 is 24.5. The molecule has 0 fully saturated rings. The predicted molar refractivity (Wildman–Crippen MR) is 62.2 cm³/mol. The summed E-state index contributed by atoms with van der Waals surface area (Å²) >= 11 is 0. The minimum Gasteiger partial charge on any atom is -0.396 e. The summed E-state index contributed by atoms with van der Waals surface area (Å²) in [5.74, 6) is 0. The summed E-state index contributed by atoms with van der Waals surface area (Å²) in [7, 11) is -1.58. The third kappa shape index (κ3) is 4.49. The van der Waals surface area contributed by atoms with E-state index in [4.69, 9.17) is 5.11 Å². The summed E-state index contributed by atoms with van der Waals surface area (Å²) in [5, 5.41) is 8.59. The fourth-order valence-electron chi connectivity index (χ4n) is 1.21. The Balaban J connectivity index is 4.16. The Hall–Kier alpha value is -0.130. The maximum absolute atomic E-state index is 11.9. The Morgan fingerprint density at radius 3 is 2.07 bits per heavy atom. The van der Waals surface area contributed by atoms with E-state index in [0.717, 1.165) is 19.3 Å². The van der Waals surface area contributed by atoms with Gasteiger partial charge >= 0.3 is 0 Å². The third-order valence-electron chi connectivity index (χ3n) is 2.32. The number of rotatable bonds is 6. The van der Waals surface area contributed by atoms with Crippen molar-refractivity contribution in [2.75, 3.05) is 20.2 Å². The van der Waals surface area contributed by atoms with Gasteiger partial charge in [0.25, 0.3) is 0 Å². The molecule has 0 aliphatic heterocycles. The van der Waals surface area contributed by atoms with Gasteiger partial charge in [-0.15, -0.1) is 0 Å². The van der Waals surface area contributed by atoms with Crippen molar-refractivity contribution in [3.05, 3.63) is 0 Å². The molecule has 0 atom stereocenters. The van der Waals surface area contributed by atoms with Gasteiger partial charge in [0.1, 0.15) is 0 Å². The fraction of sp³-hybridized carbons (Fsp3) is 1.00. The molecule has 0 aromatic rings. The van der Waals surface area contributed by atoms with Crippen LogP contribution in [-0.2, 0) is 10.0 Å². The van der Waals surface area contributed by atoms with Gasteiger partial charge in [-0.2, -0.15) is 0 Å². The van der Waals surface area contributed by atoms with Crippen molar-refractivity contribution in [2.24, 2.45) is 0 Å². The summed E-state index contributed by atoms with van der Waals surface area (Å²) in [6.07, 6.45) is 2.40. The highest BCUT2D eigenvalue weighted by Gasteiger charge is 2.32. The van der Waals surface area contributed by atoms with E-state index in [1.165, 1.54) is 4.31 Å². The van der Waals surface area contributed by atoms with E-state index in [1.54, 1.807) is 27.8 Å². The standard InChI is InChI=1S/C10H23NO3S/c1-10(2,3)15(13,14)11(4)8-6-5-7-9-12/h12H,5-9H2,1-4H3. The van der Waals surface area contributed by atoms with Gasteiger partial charge in [-0.1, -0.05) is 0 Å². The normalized spacial score (nSPS) is 13.5. The maximum atomic E-state index is 11.9. The molecule has 5 heteroatoms. The van der Waals surface area contributed by atoms with Gasteiger partial charge in [-0.3, -0.25) is 0 Å². The van der Waals surface area contributed by atoms with Crippen LogP contribution < -0.4 is 0 Å². The highest BCUT2D eigenvalue weighted by atomic mass is 32.2. The molecule has 0 amide bonds. The average molecular weight is 237 g/mol. The van der Waals surface area contributed by atoms with Gasteiger partial charge in [-0.05, 0) is 40.0 Å². The smallest absolute Gasteiger partial charge is 0.218 e. The lowest BCUT2D eigenvalue weighted by Crippen LogP contribution is -2.41. The van der Waals surface area contributed by atoms with Crippen molar-refractivity contribution in [2.45, 2.75) is 44.8 Å². The zero-order valence-corrected chi connectivity index (χ0v) is 11.0. The topological polar surface area (TPSA) is 57.6 Å². The van der Waals surface area contributed by atoms with Crippen molar-refractivity contribution < 1.29 is 13.5 Å². The number of hydrogen-bond acceptors (Lipinski definition) is 3. The Labute approximate surface area is 93.3 Å². The molecule has 92 valence electrons. The van der Waals surface area contributed by atoms with E-state index in [0.29, 0.717) is 6.54 Å². The molecule has 0 aromatic carbocycles. The molecule has 0 aromatic heterocycles. The molecule has 0 heterocycles. The number of sulfonamides is 1. The van der Waals surface area contributed by atoms with Crippen LogP contribution in [0.3, 0.4) is 0 Å². The molecule has 0 aliphatic rings. The van der Waals surface area contributed by atoms with Gasteiger partial charge in [-0.25, -0.2) is 12.7 Å². The first-order valence-corrected chi connectivity index (χ1v) is 6.74. The van der Waals surface area contributed by atoms with Crippen LogP contribution in [0, 0.1) is 0 Å². The van der Waals surface area contributed by atoms with Crippen molar-refractivity contribution >= 4 is 10.0 Å². The lowest BCUT2D eigenvalue weighted by atomic mass is 10.2. The lowest BCUT2D eigenvalue weighted by Gasteiger charge is -2.26. The summed E-state index contributed by atoms with van der Waals surface area (Å²) in [4.78, 5) is 0. The molecule has 0 aliphatic carbocycles. The second kappa shape index (κ2) is 5.82. The van der Waals surface area contributed by atoms with Gasteiger partial charge in [0.05, 0.1) is 4.75 Å². The van der Waals surface area contributed by atoms with Crippen LogP contribution in [0.4, 0.5) is 0 Å². The molecule has 0 bridgehead atoms. The summed E-state index contributed by atoms with van der Waals surface area (Å²) in [5.41, 5.74) is 0. The Morgan fingerprint density at radius 2 is 1.67 bits per heavy atom. The molecule has 0 saturated carbocycles. The Kier molecular flexibility index (Phi) is 5.77. The second-order valence-electron chi connectivity index (χ2n) is 4.72. The number of hydrogen-bond donors (Lipinski definition) is 1. The molecule has 0 rings (SSSR count). The van der Waals surface area contributed by atoms with E-state index in [1.807, 2.05) is 0 Å². The minimum atomic E-state index is -3.19. The molecule has 0 saturated heterocycles. The minimum absolute atomic E-state index is 0.176. The van der Waals surface area contributed by atoms with Crippen molar-refractivity contribution in [1.82, 2.24) is 4.31 Å². The molecule has 4 nitrogen and oxygen atoms in total. The maximum Gasteiger partial charge on any atom is 0.218 e. The third-order valence-corrected chi connectivity index (χ3v) is 4.87.